The smallest absolute Gasteiger partial charge is 0.0956 e. The lowest BCUT2D eigenvalue weighted by Crippen LogP contribution is -2.16. The molecule has 0 atom stereocenters. The summed E-state index contributed by atoms with van der Waals surface area (Å²) in [7, 11) is 1.98. The zero-order valence-electron chi connectivity index (χ0n) is 10.8. The number of imidazole rings is 1. The maximum absolute atomic E-state index is 4.51. The second-order valence-corrected chi connectivity index (χ2v) is 5.21. The summed E-state index contributed by atoms with van der Waals surface area (Å²) >= 11 is 0. The van der Waals surface area contributed by atoms with Crippen molar-refractivity contribution in [1.29, 1.82) is 0 Å². The largest absolute Gasteiger partial charge is 0.332 e. The molecule has 0 unspecified atom stereocenters. The van der Waals surface area contributed by atoms with Crippen LogP contribution in [0.1, 0.15) is 25.3 Å². The Morgan fingerprint density at radius 3 is 2.89 bits per heavy atom. The molecule has 1 aliphatic rings. The molecule has 0 bridgehead atoms. The van der Waals surface area contributed by atoms with Crippen molar-refractivity contribution < 1.29 is 0 Å². The summed E-state index contributed by atoms with van der Waals surface area (Å²) in [5.41, 5.74) is 4.04. The lowest BCUT2D eigenvalue weighted by atomic mass is 9.93. The molecule has 0 radical (unpaired) electrons. The van der Waals surface area contributed by atoms with Gasteiger partial charge in [-0.25, -0.2) is 4.98 Å². The number of fused-ring (bicyclic) bond motifs is 1. The second kappa shape index (κ2) is 3.91. The third kappa shape index (κ3) is 1.65. The van der Waals surface area contributed by atoms with E-state index in [4.69, 9.17) is 0 Å². The van der Waals surface area contributed by atoms with Crippen LogP contribution in [0.25, 0.3) is 22.3 Å². The number of hydrogen-bond donors (Lipinski definition) is 0. The Kier molecular flexibility index (Phi) is 2.21. The molecule has 0 saturated heterocycles. The van der Waals surface area contributed by atoms with Crippen molar-refractivity contribution in [2.45, 2.75) is 25.3 Å². The van der Waals surface area contributed by atoms with Crippen molar-refractivity contribution in [2.75, 3.05) is 0 Å². The summed E-state index contributed by atoms with van der Waals surface area (Å²) in [6, 6.07) is 2.62. The predicted molar refractivity (Wildman–Crippen MR) is 72.6 cm³/mol. The number of pyridine rings is 1. The van der Waals surface area contributed by atoms with E-state index in [1.54, 1.807) is 0 Å². The molecule has 0 amide bonds. The SMILES string of the molecule is Cn1cnc2cc(-c3cnn(C4CCC4)c3)ncc21. The summed E-state index contributed by atoms with van der Waals surface area (Å²) in [4.78, 5) is 8.88. The highest BCUT2D eigenvalue weighted by molar-refractivity contribution is 5.78. The lowest BCUT2D eigenvalue weighted by molar-refractivity contribution is 0.289. The highest BCUT2D eigenvalue weighted by Crippen LogP contribution is 2.32. The topological polar surface area (TPSA) is 48.5 Å². The maximum atomic E-state index is 4.51. The van der Waals surface area contributed by atoms with Crippen LogP contribution in [0.5, 0.6) is 0 Å². The Labute approximate surface area is 110 Å². The van der Waals surface area contributed by atoms with Crippen LogP contribution in [-0.4, -0.2) is 24.3 Å². The van der Waals surface area contributed by atoms with Gasteiger partial charge in [-0.3, -0.25) is 9.67 Å². The zero-order valence-corrected chi connectivity index (χ0v) is 10.8. The van der Waals surface area contributed by atoms with Gasteiger partial charge in [-0.05, 0) is 25.3 Å². The fraction of sp³-hybridized carbons (Fsp3) is 0.357. The Hall–Kier alpha value is -2.17. The van der Waals surface area contributed by atoms with Crippen LogP contribution in [0, 0.1) is 0 Å². The molecule has 96 valence electrons. The molecule has 3 aromatic heterocycles. The predicted octanol–water partition coefficient (Wildman–Crippen LogP) is 2.56. The first kappa shape index (κ1) is 10.7. The van der Waals surface area contributed by atoms with E-state index >= 15 is 0 Å². The fourth-order valence-corrected chi connectivity index (χ4v) is 2.50. The van der Waals surface area contributed by atoms with Gasteiger partial charge in [-0.1, -0.05) is 0 Å². The van der Waals surface area contributed by atoms with Crippen molar-refractivity contribution in [2.24, 2.45) is 7.05 Å². The van der Waals surface area contributed by atoms with Gasteiger partial charge in [0.15, 0.2) is 0 Å². The second-order valence-electron chi connectivity index (χ2n) is 5.21. The summed E-state index contributed by atoms with van der Waals surface area (Å²) in [5.74, 6) is 0. The van der Waals surface area contributed by atoms with Gasteiger partial charge in [0.05, 0.1) is 41.5 Å². The van der Waals surface area contributed by atoms with Crippen LogP contribution < -0.4 is 0 Å². The van der Waals surface area contributed by atoms with E-state index < -0.39 is 0 Å². The molecule has 0 aromatic carbocycles. The highest BCUT2D eigenvalue weighted by atomic mass is 15.3. The molecule has 1 fully saturated rings. The van der Waals surface area contributed by atoms with Crippen LogP contribution in [0.15, 0.2) is 31.0 Å². The van der Waals surface area contributed by atoms with Crippen molar-refractivity contribution in [1.82, 2.24) is 24.3 Å². The first-order chi connectivity index (χ1) is 9.31. The van der Waals surface area contributed by atoms with Gasteiger partial charge in [-0.2, -0.15) is 5.10 Å². The third-order valence-corrected chi connectivity index (χ3v) is 3.96. The normalized spacial score (nSPS) is 15.8. The van der Waals surface area contributed by atoms with Crippen LogP contribution in [0.3, 0.4) is 0 Å². The summed E-state index contributed by atoms with van der Waals surface area (Å²) in [5, 5.41) is 4.45. The van der Waals surface area contributed by atoms with Crippen molar-refractivity contribution >= 4 is 11.0 Å². The average Bonchev–Trinajstić information content (AvgIpc) is 2.95. The minimum Gasteiger partial charge on any atom is -0.332 e. The molecule has 19 heavy (non-hydrogen) atoms. The molecular weight excluding hydrogens is 238 g/mol. The van der Waals surface area contributed by atoms with E-state index in [0.29, 0.717) is 6.04 Å². The molecule has 3 heterocycles. The molecule has 1 saturated carbocycles. The maximum Gasteiger partial charge on any atom is 0.0956 e. The van der Waals surface area contributed by atoms with Crippen molar-refractivity contribution in [3.63, 3.8) is 0 Å². The van der Waals surface area contributed by atoms with E-state index in [9.17, 15) is 0 Å². The van der Waals surface area contributed by atoms with Crippen LogP contribution in [-0.2, 0) is 7.05 Å². The van der Waals surface area contributed by atoms with Gasteiger partial charge in [0.25, 0.3) is 0 Å². The molecule has 0 spiro atoms. The first-order valence-corrected chi connectivity index (χ1v) is 6.63. The Balaban J connectivity index is 1.74. The Bertz CT molecular complexity index is 735. The van der Waals surface area contributed by atoms with Gasteiger partial charge in [-0.15, -0.1) is 0 Å². The average molecular weight is 253 g/mol. The standard InChI is InChI=1S/C14H15N5/c1-18-9-16-13-5-12(15-7-14(13)18)10-6-17-19(8-10)11-3-2-4-11/h5-9,11H,2-4H2,1H3. The van der Waals surface area contributed by atoms with E-state index in [0.717, 1.165) is 22.3 Å². The van der Waals surface area contributed by atoms with Gasteiger partial charge in [0.1, 0.15) is 0 Å². The minimum atomic E-state index is 0.590. The monoisotopic (exact) mass is 253 g/mol. The molecule has 5 nitrogen and oxygen atoms in total. The molecular formula is C14H15N5. The number of rotatable bonds is 2. The molecule has 5 heteroatoms. The molecule has 0 N–H and O–H groups in total. The Morgan fingerprint density at radius 2 is 2.11 bits per heavy atom. The fourth-order valence-electron chi connectivity index (χ4n) is 2.50. The number of hydrogen-bond acceptors (Lipinski definition) is 3. The number of aryl methyl sites for hydroxylation is 1. The minimum absolute atomic E-state index is 0.590. The van der Waals surface area contributed by atoms with E-state index in [1.807, 2.05) is 36.4 Å². The summed E-state index contributed by atoms with van der Waals surface area (Å²) < 4.78 is 4.05. The number of aromatic nitrogens is 5. The lowest BCUT2D eigenvalue weighted by Gasteiger charge is -2.25. The van der Waals surface area contributed by atoms with Crippen molar-refractivity contribution in [3.05, 3.63) is 31.0 Å². The summed E-state index contributed by atoms with van der Waals surface area (Å²) in [6.07, 6.45) is 11.5. The molecule has 4 rings (SSSR count). The third-order valence-electron chi connectivity index (χ3n) is 3.96. The van der Waals surface area contributed by atoms with Gasteiger partial charge >= 0.3 is 0 Å². The molecule has 3 aromatic rings. The van der Waals surface area contributed by atoms with E-state index in [2.05, 4.69) is 25.9 Å². The summed E-state index contributed by atoms with van der Waals surface area (Å²) in [6.45, 7) is 0. The van der Waals surface area contributed by atoms with Gasteiger partial charge in [0.2, 0.25) is 0 Å². The Morgan fingerprint density at radius 1 is 1.21 bits per heavy atom. The number of nitrogens with zero attached hydrogens (tertiary/aromatic N) is 5. The van der Waals surface area contributed by atoms with E-state index in [1.165, 1.54) is 19.3 Å². The first-order valence-electron chi connectivity index (χ1n) is 6.63. The zero-order chi connectivity index (χ0) is 12.8. The van der Waals surface area contributed by atoms with E-state index in [-0.39, 0.29) is 0 Å². The highest BCUT2D eigenvalue weighted by Gasteiger charge is 2.20. The van der Waals surface area contributed by atoms with Gasteiger partial charge < -0.3 is 4.57 Å². The van der Waals surface area contributed by atoms with Crippen molar-refractivity contribution in [3.8, 4) is 11.3 Å². The molecule has 1 aliphatic carbocycles. The van der Waals surface area contributed by atoms with Crippen LogP contribution in [0.2, 0.25) is 0 Å². The van der Waals surface area contributed by atoms with Crippen LogP contribution in [0.4, 0.5) is 0 Å². The molecule has 0 aliphatic heterocycles. The van der Waals surface area contributed by atoms with Gasteiger partial charge in [0, 0.05) is 18.8 Å². The van der Waals surface area contributed by atoms with Crippen LogP contribution >= 0.6 is 0 Å². The quantitative estimate of drug-likeness (QED) is 0.705.